The maximum Gasteiger partial charge on any atom is 0.193 e. The van der Waals surface area contributed by atoms with E-state index in [0.29, 0.717) is 23.9 Å². The Morgan fingerprint density at radius 1 is 1.27 bits per heavy atom. The summed E-state index contributed by atoms with van der Waals surface area (Å²) in [4.78, 5) is 5.64. The number of rotatable bonds is 8. The highest BCUT2D eigenvalue weighted by molar-refractivity contribution is 7.15. The molecule has 3 aromatic rings. The van der Waals surface area contributed by atoms with Gasteiger partial charge in [0.25, 0.3) is 0 Å². The van der Waals surface area contributed by atoms with Gasteiger partial charge in [-0.3, -0.25) is 4.40 Å². The van der Waals surface area contributed by atoms with Crippen LogP contribution in [0.4, 0.5) is 0 Å². The largest absolute Gasteiger partial charge is 0.490 e. The van der Waals surface area contributed by atoms with E-state index in [1.807, 2.05) is 48.9 Å². The van der Waals surface area contributed by atoms with Crippen LogP contribution in [-0.2, 0) is 6.54 Å². The van der Waals surface area contributed by atoms with Crippen molar-refractivity contribution in [3.8, 4) is 11.5 Å². The van der Waals surface area contributed by atoms with Gasteiger partial charge in [-0.05, 0) is 39.3 Å². The number of ether oxygens (including phenoxy) is 2. The van der Waals surface area contributed by atoms with E-state index in [1.165, 1.54) is 0 Å². The third kappa shape index (κ3) is 4.31. The lowest BCUT2D eigenvalue weighted by Gasteiger charge is -2.18. The minimum Gasteiger partial charge on any atom is -0.490 e. The van der Waals surface area contributed by atoms with E-state index in [9.17, 15) is 0 Å². The fourth-order valence-electron chi connectivity index (χ4n) is 2.65. The Kier molecular flexibility index (Phi) is 6.06. The van der Waals surface area contributed by atoms with Crippen molar-refractivity contribution < 1.29 is 9.47 Å². The highest BCUT2D eigenvalue weighted by Crippen LogP contribution is 2.34. The van der Waals surface area contributed by atoms with Crippen molar-refractivity contribution in [1.82, 2.24) is 14.7 Å². The average molecular weight is 394 g/mol. The van der Waals surface area contributed by atoms with Crippen LogP contribution in [0.5, 0.6) is 11.5 Å². The molecule has 26 heavy (non-hydrogen) atoms. The number of benzene rings is 1. The van der Waals surface area contributed by atoms with E-state index in [-0.39, 0.29) is 12.1 Å². The molecule has 2 heterocycles. The Morgan fingerprint density at radius 3 is 2.77 bits per heavy atom. The smallest absolute Gasteiger partial charge is 0.193 e. The molecule has 0 saturated carbocycles. The van der Waals surface area contributed by atoms with Gasteiger partial charge in [0.1, 0.15) is 0 Å². The predicted molar refractivity (Wildman–Crippen MR) is 107 cm³/mol. The SMILES string of the molecule is CCOc1cc(CN[C@@H](C)c2cn3ccsc3n2)c(Cl)cc1OC(C)C. The summed E-state index contributed by atoms with van der Waals surface area (Å²) < 4.78 is 13.6. The van der Waals surface area contributed by atoms with Crippen molar-refractivity contribution in [3.63, 3.8) is 0 Å². The number of aromatic nitrogens is 2. The van der Waals surface area contributed by atoms with E-state index < -0.39 is 0 Å². The first-order valence-electron chi connectivity index (χ1n) is 8.75. The Hall–Kier alpha value is -1.76. The summed E-state index contributed by atoms with van der Waals surface area (Å²) in [5.41, 5.74) is 1.98. The molecule has 0 aliphatic rings. The number of imidazole rings is 1. The summed E-state index contributed by atoms with van der Waals surface area (Å²) in [5.74, 6) is 1.40. The zero-order chi connectivity index (χ0) is 18.7. The predicted octanol–water partition coefficient (Wildman–Crippen LogP) is 5.09. The molecule has 1 N–H and O–H groups in total. The zero-order valence-electron chi connectivity index (χ0n) is 15.5. The van der Waals surface area contributed by atoms with Gasteiger partial charge in [0.15, 0.2) is 16.5 Å². The highest BCUT2D eigenvalue weighted by Gasteiger charge is 2.15. The maximum absolute atomic E-state index is 6.47. The molecule has 0 bridgehead atoms. The average Bonchev–Trinajstić information content (AvgIpc) is 3.17. The topological polar surface area (TPSA) is 47.8 Å². The van der Waals surface area contributed by atoms with Crippen LogP contribution in [0, 0.1) is 0 Å². The minimum absolute atomic E-state index is 0.0593. The lowest BCUT2D eigenvalue weighted by molar-refractivity contribution is 0.223. The summed E-state index contributed by atoms with van der Waals surface area (Å²) in [5, 5.41) is 6.17. The van der Waals surface area contributed by atoms with Gasteiger partial charge >= 0.3 is 0 Å². The second-order valence-corrected chi connectivity index (χ2v) is 7.63. The van der Waals surface area contributed by atoms with E-state index in [4.69, 9.17) is 21.1 Å². The summed E-state index contributed by atoms with van der Waals surface area (Å²) in [6, 6.07) is 3.90. The standard InChI is InChI=1S/C19H24ClN3O2S/c1-5-24-17-8-14(15(20)9-18(17)25-12(2)3)10-21-13(4)16-11-23-6-7-26-19(23)22-16/h6-9,11-13,21H,5,10H2,1-4H3/t13-/m0/s1. The fourth-order valence-corrected chi connectivity index (χ4v) is 3.58. The summed E-state index contributed by atoms with van der Waals surface area (Å²) in [6.45, 7) is 9.21. The van der Waals surface area contributed by atoms with Gasteiger partial charge in [0, 0.05) is 41.4 Å². The molecule has 7 heteroatoms. The van der Waals surface area contributed by atoms with Crippen LogP contribution < -0.4 is 14.8 Å². The molecule has 2 aromatic heterocycles. The molecule has 0 aliphatic heterocycles. The molecule has 0 saturated heterocycles. The van der Waals surface area contributed by atoms with Crippen LogP contribution in [-0.4, -0.2) is 22.1 Å². The van der Waals surface area contributed by atoms with E-state index >= 15 is 0 Å². The number of halogens is 1. The lowest BCUT2D eigenvalue weighted by atomic mass is 10.1. The Bertz CT molecular complexity index is 846. The first-order chi connectivity index (χ1) is 12.5. The number of hydrogen-bond donors (Lipinski definition) is 1. The number of fused-ring (bicyclic) bond motifs is 1. The number of hydrogen-bond acceptors (Lipinski definition) is 5. The molecule has 0 fully saturated rings. The quantitative estimate of drug-likeness (QED) is 0.579. The monoisotopic (exact) mass is 393 g/mol. The van der Waals surface area contributed by atoms with Crippen LogP contribution in [0.15, 0.2) is 29.9 Å². The highest BCUT2D eigenvalue weighted by atomic mass is 35.5. The molecule has 5 nitrogen and oxygen atoms in total. The molecule has 0 aliphatic carbocycles. The first-order valence-corrected chi connectivity index (χ1v) is 10.0. The van der Waals surface area contributed by atoms with Crippen LogP contribution in [0.3, 0.4) is 0 Å². The molecule has 3 rings (SSSR count). The van der Waals surface area contributed by atoms with Crippen molar-refractivity contribution in [2.45, 2.75) is 46.4 Å². The van der Waals surface area contributed by atoms with E-state index in [1.54, 1.807) is 11.3 Å². The molecule has 0 spiro atoms. The summed E-state index contributed by atoms with van der Waals surface area (Å²) in [7, 11) is 0. The zero-order valence-corrected chi connectivity index (χ0v) is 17.0. The van der Waals surface area contributed by atoms with Gasteiger partial charge in [-0.1, -0.05) is 11.6 Å². The molecule has 0 unspecified atom stereocenters. The van der Waals surface area contributed by atoms with Gasteiger partial charge in [0.2, 0.25) is 0 Å². The molecular formula is C19H24ClN3O2S. The van der Waals surface area contributed by atoms with Gasteiger partial charge < -0.3 is 14.8 Å². The Balaban J connectivity index is 1.73. The number of nitrogens with zero attached hydrogens (tertiary/aromatic N) is 2. The summed E-state index contributed by atoms with van der Waals surface area (Å²) in [6.07, 6.45) is 4.13. The molecule has 140 valence electrons. The summed E-state index contributed by atoms with van der Waals surface area (Å²) >= 11 is 8.10. The van der Waals surface area contributed by atoms with Gasteiger partial charge in [0.05, 0.1) is 18.4 Å². The lowest BCUT2D eigenvalue weighted by Crippen LogP contribution is -2.19. The van der Waals surface area contributed by atoms with Crippen molar-refractivity contribution in [3.05, 3.63) is 46.2 Å². The number of nitrogens with one attached hydrogen (secondary N) is 1. The first kappa shape index (κ1) is 19.0. The maximum atomic E-state index is 6.47. The van der Waals surface area contributed by atoms with Crippen LogP contribution >= 0.6 is 22.9 Å². The molecule has 0 amide bonds. The third-order valence-electron chi connectivity index (χ3n) is 3.93. The van der Waals surface area contributed by atoms with Crippen molar-refractivity contribution in [2.24, 2.45) is 0 Å². The normalized spacial score (nSPS) is 12.7. The van der Waals surface area contributed by atoms with E-state index in [2.05, 4.69) is 23.4 Å². The molecule has 1 atom stereocenters. The molecular weight excluding hydrogens is 370 g/mol. The third-order valence-corrected chi connectivity index (χ3v) is 5.05. The minimum atomic E-state index is 0.0593. The fraction of sp³-hybridized carbons (Fsp3) is 0.421. The molecule has 1 aromatic carbocycles. The van der Waals surface area contributed by atoms with Crippen LogP contribution in [0.1, 0.15) is 45.0 Å². The van der Waals surface area contributed by atoms with Crippen molar-refractivity contribution >= 4 is 27.9 Å². The van der Waals surface area contributed by atoms with Crippen molar-refractivity contribution in [2.75, 3.05) is 6.61 Å². The van der Waals surface area contributed by atoms with Crippen molar-refractivity contribution in [1.29, 1.82) is 0 Å². The van der Waals surface area contributed by atoms with Gasteiger partial charge in [-0.15, -0.1) is 11.3 Å². The Morgan fingerprint density at radius 2 is 2.08 bits per heavy atom. The molecule has 0 radical (unpaired) electrons. The second kappa shape index (κ2) is 8.29. The number of thiazole rings is 1. The second-order valence-electron chi connectivity index (χ2n) is 6.35. The van der Waals surface area contributed by atoms with Gasteiger partial charge in [-0.2, -0.15) is 0 Å². The van der Waals surface area contributed by atoms with Crippen LogP contribution in [0.25, 0.3) is 4.96 Å². The van der Waals surface area contributed by atoms with Gasteiger partial charge in [-0.25, -0.2) is 4.98 Å². The van der Waals surface area contributed by atoms with E-state index in [0.717, 1.165) is 22.0 Å². The van der Waals surface area contributed by atoms with Crippen LogP contribution in [0.2, 0.25) is 5.02 Å². The Labute approximate surface area is 162 Å².